The average molecular weight is 402 g/mol. The predicted molar refractivity (Wildman–Crippen MR) is 117 cm³/mol. The van der Waals surface area contributed by atoms with E-state index < -0.39 is 0 Å². The van der Waals surface area contributed by atoms with Crippen molar-refractivity contribution in [1.29, 1.82) is 0 Å². The van der Waals surface area contributed by atoms with E-state index in [0.29, 0.717) is 11.6 Å². The monoisotopic (exact) mass is 401 g/mol. The molecule has 0 aliphatic heterocycles. The SMILES string of the molecule is O=C(NC1CCCCC1)c1ccc(-c2ccc(CNCc3cccnc3)cn2)nc1. The van der Waals surface area contributed by atoms with Gasteiger partial charge < -0.3 is 10.6 Å². The Morgan fingerprint density at radius 3 is 2.23 bits per heavy atom. The molecule has 6 heteroatoms. The van der Waals surface area contributed by atoms with Crippen LogP contribution >= 0.6 is 0 Å². The van der Waals surface area contributed by atoms with E-state index in [1.165, 1.54) is 19.3 Å². The maximum atomic E-state index is 12.4. The largest absolute Gasteiger partial charge is 0.349 e. The molecule has 1 amide bonds. The van der Waals surface area contributed by atoms with Gasteiger partial charge in [0.1, 0.15) is 0 Å². The normalized spacial score (nSPS) is 14.4. The van der Waals surface area contributed by atoms with Crippen LogP contribution in [0.5, 0.6) is 0 Å². The molecule has 1 fully saturated rings. The third kappa shape index (κ3) is 5.48. The first-order valence-electron chi connectivity index (χ1n) is 10.6. The van der Waals surface area contributed by atoms with E-state index in [1.54, 1.807) is 12.4 Å². The fraction of sp³-hybridized carbons (Fsp3) is 0.333. The van der Waals surface area contributed by atoms with E-state index in [1.807, 2.05) is 48.8 Å². The van der Waals surface area contributed by atoms with Crippen molar-refractivity contribution in [2.45, 2.75) is 51.2 Å². The molecule has 30 heavy (non-hydrogen) atoms. The first-order chi connectivity index (χ1) is 14.8. The fourth-order valence-corrected chi connectivity index (χ4v) is 3.73. The van der Waals surface area contributed by atoms with Gasteiger partial charge in [0, 0.05) is 43.9 Å². The summed E-state index contributed by atoms with van der Waals surface area (Å²) in [6, 6.07) is 12.0. The Morgan fingerprint density at radius 2 is 1.60 bits per heavy atom. The molecule has 0 atom stereocenters. The van der Waals surface area contributed by atoms with Crippen LogP contribution in [0.25, 0.3) is 11.4 Å². The standard InChI is InChI=1S/C24H27N5O/c30-24(29-21-6-2-1-3-7-21)20-9-11-23(28-17-20)22-10-8-19(16-27-22)15-26-14-18-5-4-12-25-13-18/h4-5,8-13,16-17,21,26H,1-3,6-7,14-15H2,(H,29,30). The van der Waals surface area contributed by atoms with Gasteiger partial charge in [-0.3, -0.25) is 19.7 Å². The van der Waals surface area contributed by atoms with Crippen molar-refractivity contribution in [3.63, 3.8) is 0 Å². The number of nitrogens with zero attached hydrogens (tertiary/aromatic N) is 3. The molecule has 0 bridgehead atoms. The molecule has 2 N–H and O–H groups in total. The third-order valence-electron chi connectivity index (χ3n) is 5.43. The van der Waals surface area contributed by atoms with Crippen molar-refractivity contribution in [2.75, 3.05) is 0 Å². The molecule has 3 aromatic rings. The second-order valence-corrected chi connectivity index (χ2v) is 7.76. The Labute approximate surface area is 177 Å². The summed E-state index contributed by atoms with van der Waals surface area (Å²) >= 11 is 0. The topological polar surface area (TPSA) is 79.8 Å². The number of amides is 1. The van der Waals surface area contributed by atoms with Gasteiger partial charge in [-0.15, -0.1) is 0 Å². The number of rotatable bonds is 7. The van der Waals surface area contributed by atoms with E-state index in [9.17, 15) is 4.79 Å². The Kier molecular flexibility index (Phi) is 6.77. The van der Waals surface area contributed by atoms with Gasteiger partial charge in [0.2, 0.25) is 0 Å². The highest BCUT2D eigenvalue weighted by atomic mass is 16.1. The Balaban J connectivity index is 1.30. The minimum absolute atomic E-state index is 0.0380. The molecule has 1 saturated carbocycles. The van der Waals surface area contributed by atoms with Gasteiger partial charge in [-0.2, -0.15) is 0 Å². The van der Waals surface area contributed by atoms with E-state index in [4.69, 9.17) is 0 Å². The van der Waals surface area contributed by atoms with Crippen LogP contribution in [0.1, 0.15) is 53.6 Å². The second-order valence-electron chi connectivity index (χ2n) is 7.76. The minimum Gasteiger partial charge on any atom is -0.349 e. The molecule has 154 valence electrons. The third-order valence-corrected chi connectivity index (χ3v) is 5.43. The number of carbonyl (C=O) groups excluding carboxylic acids is 1. The van der Waals surface area contributed by atoms with Crippen LogP contribution in [0.15, 0.2) is 61.2 Å². The zero-order valence-electron chi connectivity index (χ0n) is 17.1. The van der Waals surface area contributed by atoms with Gasteiger partial charge in [-0.1, -0.05) is 31.4 Å². The van der Waals surface area contributed by atoms with Crippen molar-refractivity contribution >= 4 is 5.91 Å². The number of carbonyl (C=O) groups is 1. The molecule has 0 saturated heterocycles. The van der Waals surface area contributed by atoms with Crippen molar-refractivity contribution in [1.82, 2.24) is 25.6 Å². The lowest BCUT2D eigenvalue weighted by Crippen LogP contribution is -2.36. The first kappa shape index (κ1) is 20.2. The molecule has 1 aliphatic carbocycles. The summed E-state index contributed by atoms with van der Waals surface area (Å²) in [7, 11) is 0. The summed E-state index contributed by atoms with van der Waals surface area (Å²) in [5, 5.41) is 6.52. The summed E-state index contributed by atoms with van der Waals surface area (Å²) in [6.45, 7) is 1.50. The minimum atomic E-state index is -0.0380. The smallest absolute Gasteiger partial charge is 0.253 e. The fourth-order valence-electron chi connectivity index (χ4n) is 3.73. The molecule has 3 heterocycles. The average Bonchev–Trinajstić information content (AvgIpc) is 2.81. The molecule has 0 spiro atoms. The number of nitrogens with one attached hydrogen (secondary N) is 2. The Hall–Kier alpha value is -3.12. The van der Waals surface area contributed by atoms with Crippen LogP contribution in [0.4, 0.5) is 0 Å². The maximum absolute atomic E-state index is 12.4. The molecular weight excluding hydrogens is 374 g/mol. The lowest BCUT2D eigenvalue weighted by molar-refractivity contribution is 0.0927. The lowest BCUT2D eigenvalue weighted by atomic mass is 9.95. The van der Waals surface area contributed by atoms with Crippen molar-refractivity contribution in [2.24, 2.45) is 0 Å². The van der Waals surface area contributed by atoms with Crippen LogP contribution in [-0.4, -0.2) is 26.9 Å². The van der Waals surface area contributed by atoms with Crippen LogP contribution < -0.4 is 10.6 Å². The highest BCUT2D eigenvalue weighted by Gasteiger charge is 2.17. The summed E-state index contributed by atoms with van der Waals surface area (Å²) in [5.74, 6) is -0.0380. The number of pyridine rings is 3. The highest BCUT2D eigenvalue weighted by Crippen LogP contribution is 2.19. The molecule has 0 aromatic carbocycles. The Morgan fingerprint density at radius 1 is 0.867 bits per heavy atom. The molecule has 1 aliphatic rings. The van der Waals surface area contributed by atoms with Gasteiger partial charge >= 0.3 is 0 Å². The maximum Gasteiger partial charge on any atom is 0.253 e. The first-order valence-corrected chi connectivity index (χ1v) is 10.6. The van der Waals surface area contributed by atoms with Crippen LogP contribution in [0.3, 0.4) is 0 Å². The van der Waals surface area contributed by atoms with Crippen molar-refractivity contribution in [3.8, 4) is 11.4 Å². The number of aromatic nitrogens is 3. The lowest BCUT2D eigenvalue weighted by Gasteiger charge is -2.22. The van der Waals surface area contributed by atoms with E-state index >= 15 is 0 Å². The van der Waals surface area contributed by atoms with Gasteiger partial charge in [-0.05, 0) is 48.2 Å². The van der Waals surface area contributed by atoms with Crippen LogP contribution in [-0.2, 0) is 13.1 Å². The van der Waals surface area contributed by atoms with E-state index in [2.05, 4.69) is 25.6 Å². The summed E-state index contributed by atoms with van der Waals surface area (Å²) in [6.07, 6.45) is 12.9. The quantitative estimate of drug-likeness (QED) is 0.628. The van der Waals surface area contributed by atoms with Gasteiger partial charge in [0.15, 0.2) is 0 Å². The number of hydrogen-bond acceptors (Lipinski definition) is 5. The predicted octanol–water partition coefficient (Wildman–Crippen LogP) is 3.89. The zero-order valence-corrected chi connectivity index (χ0v) is 17.1. The number of hydrogen-bond donors (Lipinski definition) is 2. The zero-order chi connectivity index (χ0) is 20.6. The Bertz CT molecular complexity index is 936. The van der Waals surface area contributed by atoms with E-state index in [-0.39, 0.29) is 5.91 Å². The molecule has 3 aromatic heterocycles. The van der Waals surface area contributed by atoms with Gasteiger partial charge in [-0.25, -0.2) is 0 Å². The van der Waals surface area contributed by atoms with Crippen LogP contribution in [0.2, 0.25) is 0 Å². The van der Waals surface area contributed by atoms with Gasteiger partial charge in [0.05, 0.1) is 17.0 Å². The van der Waals surface area contributed by atoms with Gasteiger partial charge in [0.25, 0.3) is 5.91 Å². The molecule has 0 radical (unpaired) electrons. The summed E-state index contributed by atoms with van der Waals surface area (Å²) in [5.41, 5.74) is 4.41. The van der Waals surface area contributed by atoms with Crippen LogP contribution in [0, 0.1) is 0 Å². The van der Waals surface area contributed by atoms with Crippen molar-refractivity contribution < 1.29 is 4.79 Å². The molecule has 4 rings (SSSR count). The molecular formula is C24H27N5O. The summed E-state index contributed by atoms with van der Waals surface area (Å²) in [4.78, 5) is 25.5. The molecule has 6 nitrogen and oxygen atoms in total. The summed E-state index contributed by atoms with van der Waals surface area (Å²) < 4.78 is 0. The van der Waals surface area contributed by atoms with E-state index in [0.717, 1.165) is 48.4 Å². The molecule has 0 unspecified atom stereocenters. The highest BCUT2D eigenvalue weighted by molar-refractivity contribution is 5.94. The second kappa shape index (κ2) is 10.1. The van der Waals surface area contributed by atoms with Crippen molar-refractivity contribution in [3.05, 3.63) is 77.9 Å².